The standard InChI is InChI=1S/C13H22N2O5/c1-6-5-15(11(8(3)16)12(6)19)13(20)7(2)9(17)4-10(14)18/h6-7,9,11-12,17,19H,4-5H2,1-3H3,(H2,14,18)/t6-,7-,9+,11+,12-/m0/s1. The molecule has 4 N–H and O–H groups in total. The molecule has 114 valence electrons. The third-order valence-corrected chi connectivity index (χ3v) is 3.80. The van der Waals surface area contributed by atoms with Crippen molar-refractivity contribution in [3.05, 3.63) is 0 Å². The Morgan fingerprint density at radius 2 is 1.95 bits per heavy atom. The molecule has 0 aromatic heterocycles. The SMILES string of the molecule is CC(=O)[C@@H]1[C@@H](O)[C@@H](C)CN1C(=O)[C@@H](C)[C@H](O)CC(N)=O. The van der Waals surface area contributed by atoms with Crippen LogP contribution in [-0.2, 0) is 14.4 Å². The Labute approximate surface area is 117 Å². The Balaban J connectivity index is 2.84. The minimum Gasteiger partial charge on any atom is -0.392 e. The van der Waals surface area contributed by atoms with E-state index in [0.717, 1.165) is 0 Å². The Kier molecular flexibility index (Phi) is 5.24. The molecule has 1 heterocycles. The smallest absolute Gasteiger partial charge is 0.228 e. The van der Waals surface area contributed by atoms with E-state index in [4.69, 9.17) is 5.73 Å². The van der Waals surface area contributed by atoms with Gasteiger partial charge < -0.3 is 20.8 Å². The lowest BCUT2D eigenvalue weighted by atomic mass is 9.98. The fraction of sp³-hybridized carbons (Fsp3) is 0.769. The number of ketones is 1. The molecule has 0 unspecified atom stereocenters. The Hall–Kier alpha value is -1.47. The lowest BCUT2D eigenvalue weighted by Crippen LogP contribution is -2.48. The first kappa shape index (κ1) is 16.6. The first-order valence-electron chi connectivity index (χ1n) is 6.62. The number of likely N-dealkylation sites (tertiary alicyclic amines) is 1. The van der Waals surface area contributed by atoms with Gasteiger partial charge in [-0.25, -0.2) is 0 Å². The van der Waals surface area contributed by atoms with Gasteiger partial charge in [0.25, 0.3) is 0 Å². The van der Waals surface area contributed by atoms with Crippen LogP contribution in [0.15, 0.2) is 0 Å². The summed E-state index contributed by atoms with van der Waals surface area (Å²) in [5.74, 6) is -2.53. The number of aliphatic hydroxyl groups excluding tert-OH is 2. The van der Waals surface area contributed by atoms with Crippen LogP contribution in [0.4, 0.5) is 0 Å². The number of Topliss-reactive ketones (excluding diaryl/α,β-unsaturated/α-hetero) is 1. The monoisotopic (exact) mass is 286 g/mol. The molecule has 1 fully saturated rings. The molecule has 1 aliphatic heterocycles. The van der Waals surface area contributed by atoms with E-state index in [9.17, 15) is 24.6 Å². The molecule has 1 rings (SSSR count). The van der Waals surface area contributed by atoms with Gasteiger partial charge in [0.1, 0.15) is 6.04 Å². The zero-order valence-electron chi connectivity index (χ0n) is 11.9. The number of hydrogen-bond donors (Lipinski definition) is 3. The summed E-state index contributed by atoms with van der Waals surface area (Å²) in [5, 5.41) is 19.7. The zero-order valence-corrected chi connectivity index (χ0v) is 11.9. The maximum Gasteiger partial charge on any atom is 0.228 e. The van der Waals surface area contributed by atoms with Gasteiger partial charge in [0.15, 0.2) is 5.78 Å². The fourth-order valence-corrected chi connectivity index (χ4v) is 2.52. The van der Waals surface area contributed by atoms with Crippen molar-refractivity contribution in [2.45, 2.75) is 45.4 Å². The highest BCUT2D eigenvalue weighted by Gasteiger charge is 2.45. The molecule has 1 saturated heterocycles. The maximum atomic E-state index is 12.3. The molecule has 1 aliphatic rings. The predicted octanol–water partition coefficient (Wildman–Crippen LogP) is -1.34. The second-order valence-corrected chi connectivity index (χ2v) is 5.54. The first-order valence-corrected chi connectivity index (χ1v) is 6.62. The highest BCUT2D eigenvalue weighted by atomic mass is 16.3. The van der Waals surface area contributed by atoms with Crippen molar-refractivity contribution in [1.82, 2.24) is 4.90 Å². The van der Waals surface area contributed by atoms with Crippen LogP contribution in [0.25, 0.3) is 0 Å². The third-order valence-electron chi connectivity index (χ3n) is 3.80. The highest BCUT2D eigenvalue weighted by molar-refractivity contribution is 5.90. The number of primary amides is 1. The average molecular weight is 286 g/mol. The average Bonchev–Trinajstić information content (AvgIpc) is 2.63. The molecular weight excluding hydrogens is 264 g/mol. The quantitative estimate of drug-likeness (QED) is 0.577. The minimum atomic E-state index is -1.19. The topological polar surface area (TPSA) is 121 Å². The number of nitrogens with two attached hydrogens (primary N) is 1. The van der Waals surface area contributed by atoms with E-state index in [1.807, 2.05) is 0 Å². The van der Waals surface area contributed by atoms with Gasteiger partial charge in [0, 0.05) is 12.5 Å². The van der Waals surface area contributed by atoms with Crippen LogP contribution in [0.2, 0.25) is 0 Å². The maximum absolute atomic E-state index is 12.3. The van der Waals surface area contributed by atoms with Crippen molar-refractivity contribution in [3.63, 3.8) is 0 Å². The number of amides is 2. The van der Waals surface area contributed by atoms with Crippen LogP contribution in [0, 0.1) is 11.8 Å². The number of carbonyl (C=O) groups excluding carboxylic acids is 3. The van der Waals surface area contributed by atoms with E-state index >= 15 is 0 Å². The van der Waals surface area contributed by atoms with Crippen LogP contribution < -0.4 is 5.73 Å². The summed E-state index contributed by atoms with van der Waals surface area (Å²) in [4.78, 5) is 36.0. The van der Waals surface area contributed by atoms with Crippen molar-refractivity contribution in [2.75, 3.05) is 6.54 Å². The van der Waals surface area contributed by atoms with Gasteiger partial charge in [-0.15, -0.1) is 0 Å². The van der Waals surface area contributed by atoms with Gasteiger partial charge in [-0.05, 0) is 6.92 Å². The van der Waals surface area contributed by atoms with Crippen molar-refractivity contribution in [1.29, 1.82) is 0 Å². The number of nitrogens with zero attached hydrogens (tertiary/aromatic N) is 1. The van der Waals surface area contributed by atoms with Gasteiger partial charge in [-0.1, -0.05) is 13.8 Å². The van der Waals surface area contributed by atoms with E-state index in [-0.39, 0.29) is 24.7 Å². The lowest BCUT2D eigenvalue weighted by Gasteiger charge is -2.28. The van der Waals surface area contributed by atoms with Crippen molar-refractivity contribution >= 4 is 17.6 Å². The summed E-state index contributed by atoms with van der Waals surface area (Å²) in [5.41, 5.74) is 4.99. The molecule has 0 radical (unpaired) electrons. The molecule has 0 spiro atoms. The van der Waals surface area contributed by atoms with Crippen LogP contribution in [-0.4, -0.2) is 57.5 Å². The molecule has 7 nitrogen and oxygen atoms in total. The third kappa shape index (κ3) is 3.34. The summed E-state index contributed by atoms with van der Waals surface area (Å²) < 4.78 is 0. The molecular formula is C13H22N2O5. The van der Waals surface area contributed by atoms with Gasteiger partial charge >= 0.3 is 0 Å². The number of carbonyl (C=O) groups is 3. The van der Waals surface area contributed by atoms with Crippen LogP contribution in [0.3, 0.4) is 0 Å². The summed E-state index contributed by atoms with van der Waals surface area (Å²) >= 11 is 0. The molecule has 0 aromatic carbocycles. The molecule has 0 aliphatic carbocycles. The van der Waals surface area contributed by atoms with E-state index in [1.165, 1.54) is 18.7 Å². The molecule has 0 bridgehead atoms. The number of aliphatic hydroxyl groups is 2. The van der Waals surface area contributed by atoms with Crippen molar-refractivity contribution in [2.24, 2.45) is 17.6 Å². The van der Waals surface area contributed by atoms with Gasteiger partial charge in [-0.3, -0.25) is 14.4 Å². The van der Waals surface area contributed by atoms with Crippen LogP contribution in [0.1, 0.15) is 27.2 Å². The largest absolute Gasteiger partial charge is 0.392 e. The van der Waals surface area contributed by atoms with Gasteiger partial charge in [0.2, 0.25) is 11.8 Å². The molecule has 0 saturated carbocycles. The first-order chi connectivity index (χ1) is 9.16. The highest BCUT2D eigenvalue weighted by Crippen LogP contribution is 2.27. The fourth-order valence-electron chi connectivity index (χ4n) is 2.52. The second-order valence-electron chi connectivity index (χ2n) is 5.54. The molecule has 5 atom stereocenters. The summed E-state index contributed by atoms with van der Waals surface area (Å²) in [6.45, 7) is 4.79. The Morgan fingerprint density at radius 3 is 2.40 bits per heavy atom. The van der Waals surface area contributed by atoms with Crippen LogP contribution >= 0.6 is 0 Å². The molecule has 20 heavy (non-hydrogen) atoms. The van der Waals surface area contributed by atoms with Crippen LogP contribution in [0.5, 0.6) is 0 Å². The zero-order chi connectivity index (χ0) is 15.6. The normalized spacial score (nSPS) is 29.1. The predicted molar refractivity (Wildman–Crippen MR) is 70.3 cm³/mol. The summed E-state index contributed by atoms with van der Waals surface area (Å²) in [6, 6.07) is -0.888. The summed E-state index contributed by atoms with van der Waals surface area (Å²) in [7, 11) is 0. The van der Waals surface area contributed by atoms with E-state index in [1.54, 1.807) is 6.92 Å². The van der Waals surface area contributed by atoms with E-state index in [2.05, 4.69) is 0 Å². The molecule has 2 amide bonds. The Morgan fingerprint density at radius 1 is 1.40 bits per heavy atom. The van der Waals surface area contributed by atoms with Crippen molar-refractivity contribution < 1.29 is 24.6 Å². The van der Waals surface area contributed by atoms with E-state index in [0.29, 0.717) is 0 Å². The molecule has 0 aromatic rings. The van der Waals surface area contributed by atoms with E-state index < -0.39 is 36.0 Å². The molecule has 7 heteroatoms. The van der Waals surface area contributed by atoms with Crippen molar-refractivity contribution in [3.8, 4) is 0 Å². The lowest BCUT2D eigenvalue weighted by molar-refractivity contribution is -0.145. The number of hydrogen-bond acceptors (Lipinski definition) is 5. The minimum absolute atomic E-state index is 0.215. The summed E-state index contributed by atoms with van der Waals surface area (Å²) in [6.07, 6.45) is -2.42. The van der Waals surface area contributed by atoms with Gasteiger partial charge in [-0.2, -0.15) is 0 Å². The second kappa shape index (κ2) is 6.32. The Bertz CT molecular complexity index is 412. The number of rotatable bonds is 5. The van der Waals surface area contributed by atoms with Gasteiger partial charge in [0.05, 0.1) is 24.5 Å².